The average molecular weight is 281 g/mol. The predicted octanol–water partition coefficient (Wildman–Crippen LogP) is 2.29. The molecule has 0 saturated carbocycles. The van der Waals surface area contributed by atoms with Crippen molar-refractivity contribution in [3.8, 4) is 0 Å². The van der Waals surface area contributed by atoms with Gasteiger partial charge < -0.3 is 5.73 Å². The van der Waals surface area contributed by atoms with Crippen molar-refractivity contribution in [1.82, 2.24) is 5.32 Å². The van der Waals surface area contributed by atoms with Crippen LogP contribution in [0.5, 0.6) is 0 Å². The summed E-state index contributed by atoms with van der Waals surface area (Å²) in [7, 11) is 1.62. The zero-order valence-corrected chi connectivity index (χ0v) is 11.7. The molecule has 1 aromatic rings. The maximum absolute atomic E-state index is 12.0. The fourth-order valence-corrected chi connectivity index (χ4v) is 1.89. The topological polar surface area (TPSA) is 70.7 Å². The van der Waals surface area contributed by atoms with Gasteiger partial charge in [0.05, 0.1) is 17.3 Å². The molecule has 19 heavy (non-hydrogen) atoms. The van der Waals surface area contributed by atoms with E-state index in [4.69, 9.17) is 17.3 Å². The van der Waals surface area contributed by atoms with Crippen molar-refractivity contribution in [2.24, 2.45) is 10.7 Å². The Kier molecular flexibility index (Phi) is 5.38. The Hall–Kier alpha value is -2.01. The van der Waals surface area contributed by atoms with Crippen molar-refractivity contribution in [2.75, 3.05) is 18.5 Å². The molecular weight excluding hydrogens is 264 g/mol. The van der Waals surface area contributed by atoms with E-state index in [2.05, 4.69) is 16.9 Å². The first kappa shape index (κ1) is 15.0. The summed E-state index contributed by atoms with van der Waals surface area (Å²) in [5.74, 6) is 0.0430. The van der Waals surface area contributed by atoms with Gasteiger partial charge in [0.2, 0.25) is 0 Å². The Bertz CT molecular complexity index is 493. The van der Waals surface area contributed by atoms with E-state index in [0.717, 1.165) is 5.56 Å². The van der Waals surface area contributed by atoms with Crippen LogP contribution >= 0.6 is 11.6 Å². The van der Waals surface area contributed by atoms with E-state index >= 15 is 0 Å². The van der Waals surface area contributed by atoms with Crippen LogP contribution in [-0.2, 0) is 0 Å². The number of aliphatic imine (C=N–C) groups is 1. The summed E-state index contributed by atoms with van der Waals surface area (Å²) in [5, 5.41) is 2.98. The van der Waals surface area contributed by atoms with Crippen molar-refractivity contribution in [3.63, 3.8) is 0 Å². The molecule has 0 unspecified atom stereocenters. The standard InChI is InChI=1S/C13H17ClN4O/c1-4-8-16-12(15)17-13(19)18(3)11-9(2)6-5-7-10(11)14/h4-7H,1,8H2,2-3H3,(H3,15,16,17,19). The Morgan fingerprint density at radius 2 is 2.32 bits per heavy atom. The SMILES string of the molecule is C=CCN=C(N)NC(=O)N(C)c1c(C)cccc1Cl. The van der Waals surface area contributed by atoms with Crippen LogP contribution in [0.15, 0.2) is 35.8 Å². The second-order valence-electron chi connectivity index (χ2n) is 3.91. The van der Waals surface area contributed by atoms with Crippen LogP contribution in [0.1, 0.15) is 5.56 Å². The molecule has 0 aliphatic rings. The third-order valence-electron chi connectivity index (χ3n) is 2.45. The minimum atomic E-state index is -0.401. The number of hydrogen-bond acceptors (Lipinski definition) is 2. The molecule has 0 spiro atoms. The number of guanidine groups is 1. The molecule has 0 aliphatic carbocycles. The number of nitrogens with one attached hydrogen (secondary N) is 1. The Balaban J connectivity index is 2.86. The maximum atomic E-state index is 12.0. The molecule has 0 aliphatic heterocycles. The summed E-state index contributed by atoms with van der Waals surface area (Å²) < 4.78 is 0. The Labute approximate surface area is 117 Å². The summed E-state index contributed by atoms with van der Waals surface area (Å²) in [6.07, 6.45) is 1.58. The minimum absolute atomic E-state index is 0.0430. The summed E-state index contributed by atoms with van der Waals surface area (Å²) >= 11 is 6.09. The molecule has 0 bridgehead atoms. The lowest BCUT2D eigenvalue weighted by molar-refractivity contribution is 0.251. The minimum Gasteiger partial charge on any atom is -0.370 e. The van der Waals surface area contributed by atoms with Gasteiger partial charge in [-0.15, -0.1) is 6.58 Å². The predicted molar refractivity (Wildman–Crippen MR) is 79.8 cm³/mol. The molecule has 6 heteroatoms. The van der Waals surface area contributed by atoms with Crippen molar-refractivity contribution in [2.45, 2.75) is 6.92 Å². The number of nitrogens with two attached hydrogens (primary N) is 1. The molecule has 0 aromatic heterocycles. The lowest BCUT2D eigenvalue weighted by Gasteiger charge is -2.21. The van der Waals surface area contributed by atoms with Crippen molar-refractivity contribution in [1.29, 1.82) is 0 Å². The van der Waals surface area contributed by atoms with Crippen LogP contribution in [0, 0.1) is 6.92 Å². The molecule has 3 N–H and O–H groups in total. The summed E-state index contributed by atoms with van der Waals surface area (Å²) in [6, 6.07) is 5.03. The van der Waals surface area contributed by atoms with Gasteiger partial charge in [0.1, 0.15) is 0 Å². The van der Waals surface area contributed by atoms with E-state index in [1.807, 2.05) is 19.1 Å². The number of para-hydroxylation sites is 1. The van der Waals surface area contributed by atoms with Crippen molar-refractivity contribution in [3.05, 3.63) is 41.4 Å². The van der Waals surface area contributed by atoms with E-state index in [0.29, 0.717) is 17.3 Å². The number of rotatable bonds is 3. The zero-order valence-electron chi connectivity index (χ0n) is 11.0. The molecule has 102 valence electrons. The van der Waals surface area contributed by atoms with Crippen LogP contribution in [0.25, 0.3) is 0 Å². The Morgan fingerprint density at radius 3 is 2.89 bits per heavy atom. The number of urea groups is 1. The number of anilines is 1. The molecular formula is C13H17ClN4O. The highest BCUT2D eigenvalue weighted by Crippen LogP contribution is 2.28. The number of carbonyl (C=O) groups is 1. The quantitative estimate of drug-likeness (QED) is 0.507. The molecule has 0 saturated heterocycles. The van der Waals surface area contributed by atoms with Crippen LogP contribution in [-0.4, -0.2) is 25.6 Å². The van der Waals surface area contributed by atoms with Crippen LogP contribution < -0.4 is 16.0 Å². The van der Waals surface area contributed by atoms with Crippen molar-refractivity contribution >= 4 is 29.3 Å². The monoisotopic (exact) mass is 280 g/mol. The summed E-state index contributed by atoms with van der Waals surface area (Å²) in [6.45, 7) is 5.74. The van der Waals surface area contributed by atoms with E-state index in [1.165, 1.54) is 4.90 Å². The lowest BCUT2D eigenvalue weighted by Crippen LogP contribution is -2.44. The van der Waals surface area contributed by atoms with Gasteiger partial charge in [0.15, 0.2) is 5.96 Å². The number of amides is 2. The fourth-order valence-electron chi connectivity index (χ4n) is 1.55. The van der Waals surface area contributed by atoms with Gasteiger partial charge in [0, 0.05) is 7.05 Å². The highest BCUT2D eigenvalue weighted by molar-refractivity contribution is 6.34. The fraction of sp³-hybridized carbons (Fsp3) is 0.231. The lowest BCUT2D eigenvalue weighted by atomic mass is 10.2. The normalized spacial score (nSPS) is 11.0. The number of hydrogen-bond donors (Lipinski definition) is 2. The second kappa shape index (κ2) is 6.80. The van der Waals surface area contributed by atoms with Gasteiger partial charge in [-0.25, -0.2) is 9.79 Å². The number of halogens is 1. The highest BCUT2D eigenvalue weighted by atomic mass is 35.5. The smallest absolute Gasteiger partial charge is 0.328 e. The van der Waals surface area contributed by atoms with Gasteiger partial charge in [-0.2, -0.15) is 0 Å². The second-order valence-corrected chi connectivity index (χ2v) is 4.32. The maximum Gasteiger partial charge on any atom is 0.328 e. The summed E-state index contributed by atoms with van der Waals surface area (Å²) in [4.78, 5) is 17.3. The van der Waals surface area contributed by atoms with Crippen LogP contribution in [0.2, 0.25) is 5.02 Å². The van der Waals surface area contributed by atoms with E-state index in [9.17, 15) is 4.79 Å². The first-order valence-electron chi connectivity index (χ1n) is 5.68. The highest BCUT2D eigenvalue weighted by Gasteiger charge is 2.16. The third kappa shape index (κ3) is 3.99. The van der Waals surface area contributed by atoms with Gasteiger partial charge >= 0.3 is 6.03 Å². The third-order valence-corrected chi connectivity index (χ3v) is 2.76. The molecule has 0 heterocycles. The van der Waals surface area contributed by atoms with Gasteiger partial charge in [-0.1, -0.05) is 29.8 Å². The van der Waals surface area contributed by atoms with E-state index < -0.39 is 6.03 Å². The molecule has 5 nitrogen and oxygen atoms in total. The number of nitrogens with zero attached hydrogens (tertiary/aromatic N) is 2. The summed E-state index contributed by atoms with van der Waals surface area (Å²) in [5.41, 5.74) is 7.10. The molecule has 2 amide bonds. The van der Waals surface area contributed by atoms with Gasteiger partial charge in [0.25, 0.3) is 0 Å². The molecule has 0 atom stereocenters. The first-order valence-corrected chi connectivity index (χ1v) is 6.05. The number of aryl methyl sites for hydroxylation is 1. The number of benzene rings is 1. The number of carbonyl (C=O) groups excluding carboxylic acids is 1. The zero-order chi connectivity index (χ0) is 14.4. The van der Waals surface area contributed by atoms with Crippen LogP contribution in [0.3, 0.4) is 0 Å². The molecule has 0 radical (unpaired) electrons. The van der Waals surface area contributed by atoms with Gasteiger partial charge in [-0.3, -0.25) is 10.2 Å². The molecule has 0 fully saturated rings. The van der Waals surface area contributed by atoms with E-state index in [-0.39, 0.29) is 5.96 Å². The van der Waals surface area contributed by atoms with Gasteiger partial charge in [-0.05, 0) is 18.6 Å². The molecule has 1 rings (SSSR count). The van der Waals surface area contributed by atoms with Crippen molar-refractivity contribution < 1.29 is 4.79 Å². The molecule has 1 aromatic carbocycles. The average Bonchev–Trinajstić information content (AvgIpc) is 2.35. The van der Waals surface area contributed by atoms with Crippen LogP contribution in [0.4, 0.5) is 10.5 Å². The Morgan fingerprint density at radius 1 is 1.63 bits per heavy atom. The largest absolute Gasteiger partial charge is 0.370 e. The van der Waals surface area contributed by atoms with E-state index in [1.54, 1.807) is 19.2 Å². The first-order chi connectivity index (χ1) is 8.97.